The zero-order chi connectivity index (χ0) is 14.5. The number of nitrogens with two attached hydrogens (primary N) is 1. The van der Waals surface area contributed by atoms with Gasteiger partial charge >= 0.3 is 0 Å². The van der Waals surface area contributed by atoms with Crippen LogP contribution in [0.1, 0.15) is 18.9 Å². The van der Waals surface area contributed by atoms with Crippen LogP contribution in [-0.2, 0) is 11.3 Å². The second kappa shape index (κ2) is 8.02. The minimum atomic E-state index is 0. The third kappa shape index (κ3) is 5.04. The van der Waals surface area contributed by atoms with E-state index in [2.05, 4.69) is 16.9 Å². The van der Waals surface area contributed by atoms with Crippen molar-refractivity contribution in [2.45, 2.75) is 19.9 Å². The van der Waals surface area contributed by atoms with E-state index in [4.69, 9.17) is 5.73 Å². The average Bonchev–Trinajstić information content (AvgIpc) is 2.41. The highest BCUT2D eigenvalue weighted by Crippen LogP contribution is 2.22. The molecule has 0 radical (unpaired) electrons. The summed E-state index contributed by atoms with van der Waals surface area (Å²) < 4.78 is 0. The van der Waals surface area contributed by atoms with Crippen LogP contribution < -0.4 is 16.0 Å². The SMILES string of the molecule is C=C(C)CNC(N)=NCc1cccc(N2CCC2=O)c1.I. The highest BCUT2D eigenvalue weighted by molar-refractivity contribution is 14.0. The zero-order valence-electron chi connectivity index (χ0n) is 12.1. The summed E-state index contributed by atoms with van der Waals surface area (Å²) >= 11 is 0. The summed E-state index contributed by atoms with van der Waals surface area (Å²) in [5.41, 5.74) is 8.72. The molecule has 0 saturated carbocycles. The second-order valence-electron chi connectivity index (χ2n) is 4.98. The third-order valence-corrected chi connectivity index (χ3v) is 3.08. The van der Waals surface area contributed by atoms with Crippen molar-refractivity contribution in [3.8, 4) is 0 Å². The van der Waals surface area contributed by atoms with E-state index >= 15 is 0 Å². The van der Waals surface area contributed by atoms with Gasteiger partial charge in [0.2, 0.25) is 5.91 Å². The van der Waals surface area contributed by atoms with E-state index in [-0.39, 0.29) is 29.9 Å². The highest BCUT2D eigenvalue weighted by Gasteiger charge is 2.24. The largest absolute Gasteiger partial charge is 0.370 e. The summed E-state index contributed by atoms with van der Waals surface area (Å²) in [5.74, 6) is 0.576. The Balaban J connectivity index is 0.00000220. The summed E-state index contributed by atoms with van der Waals surface area (Å²) in [6, 6.07) is 7.83. The number of hydrogen-bond acceptors (Lipinski definition) is 2. The molecule has 21 heavy (non-hydrogen) atoms. The number of aliphatic imine (C=N–C) groups is 1. The average molecular weight is 400 g/mol. The summed E-state index contributed by atoms with van der Waals surface area (Å²) in [5, 5.41) is 2.98. The molecule has 1 aliphatic heterocycles. The lowest BCUT2D eigenvalue weighted by atomic mass is 10.1. The van der Waals surface area contributed by atoms with Gasteiger partial charge < -0.3 is 16.0 Å². The Bertz CT molecular complexity index is 556. The number of benzene rings is 1. The van der Waals surface area contributed by atoms with Crippen LogP contribution in [0.15, 0.2) is 41.4 Å². The molecule has 1 aromatic carbocycles. The zero-order valence-corrected chi connectivity index (χ0v) is 14.5. The Morgan fingerprint density at radius 2 is 2.29 bits per heavy atom. The van der Waals surface area contributed by atoms with Crippen molar-refractivity contribution in [2.24, 2.45) is 10.7 Å². The van der Waals surface area contributed by atoms with Crippen molar-refractivity contribution < 1.29 is 4.79 Å². The lowest BCUT2D eigenvalue weighted by Crippen LogP contribution is -2.43. The number of β-lactam (4-membered cyclic amide) rings is 1. The third-order valence-electron chi connectivity index (χ3n) is 3.08. The van der Waals surface area contributed by atoms with Crippen LogP contribution >= 0.6 is 24.0 Å². The van der Waals surface area contributed by atoms with Gasteiger partial charge in [-0.25, -0.2) is 4.99 Å². The molecule has 0 spiro atoms. The topological polar surface area (TPSA) is 70.7 Å². The van der Waals surface area contributed by atoms with Gasteiger partial charge in [-0.05, 0) is 24.6 Å². The molecule has 1 saturated heterocycles. The van der Waals surface area contributed by atoms with Gasteiger partial charge in [0, 0.05) is 25.2 Å². The highest BCUT2D eigenvalue weighted by atomic mass is 127. The fourth-order valence-electron chi connectivity index (χ4n) is 1.88. The summed E-state index contributed by atoms with van der Waals surface area (Å²) in [6.07, 6.45) is 0.639. The number of hydrogen-bond donors (Lipinski definition) is 2. The van der Waals surface area contributed by atoms with Crippen LogP contribution in [0.5, 0.6) is 0 Å². The first-order valence-corrected chi connectivity index (χ1v) is 6.64. The number of amides is 1. The smallest absolute Gasteiger partial charge is 0.228 e. The first-order valence-electron chi connectivity index (χ1n) is 6.64. The predicted octanol–water partition coefficient (Wildman–Crippen LogP) is 2.02. The molecule has 0 bridgehead atoms. The fourth-order valence-corrected chi connectivity index (χ4v) is 1.88. The van der Waals surface area contributed by atoms with Gasteiger partial charge in [0.1, 0.15) is 0 Å². The van der Waals surface area contributed by atoms with Crippen molar-refractivity contribution in [2.75, 3.05) is 18.0 Å². The minimum absolute atomic E-state index is 0. The molecule has 0 atom stereocenters. The van der Waals surface area contributed by atoms with E-state index < -0.39 is 0 Å². The van der Waals surface area contributed by atoms with Gasteiger partial charge in [-0.2, -0.15) is 0 Å². The molecule has 6 heteroatoms. The maximum atomic E-state index is 11.4. The van der Waals surface area contributed by atoms with Gasteiger partial charge in [-0.3, -0.25) is 4.79 Å². The van der Waals surface area contributed by atoms with E-state index in [1.807, 2.05) is 31.2 Å². The second-order valence-corrected chi connectivity index (χ2v) is 4.98. The first kappa shape index (κ1) is 17.5. The minimum Gasteiger partial charge on any atom is -0.370 e. The van der Waals surface area contributed by atoms with Crippen LogP contribution in [0.25, 0.3) is 0 Å². The fraction of sp³-hybridized carbons (Fsp3) is 0.333. The van der Waals surface area contributed by atoms with Crippen molar-refractivity contribution in [1.82, 2.24) is 5.32 Å². The maximum Gasteiger partial charge on any atom is 0.228 e. The normalized spacial score (nSPS) is 14.2. The van der Waals surface area contributed by atoms with Gasteiger partial charge in [-0.15, -0.1) is 24.0 Å². The Morgan fingerprint density at radius 1 is 1.52 bits per heavy atom. The molecule has 1 amide bonds. The molecule has 1 fully saturated rings. The number of nitrogens with one attached hydrogen (secondary N) is 1. The number of anilines is 1. The lowest BCUT2D eigenvalue weighted by Gasteiger charge is -2.30. The van der Waals surface area contributed by atoms with E-state index in [1.165, 1.54) is 0 Å². The summed E-state index contributed by atoms with van der Waals surface area (Å²) in [4.78, 5) is 17.5. The molecule has 3 N–H and O–H groups in total. The number of carbonyl (C=O) groups is 1. The summed E-state index contributed by atoms with van der Waals surface area (Å²) in [7, 11) is 0. The van der Waals surface area contributed by atoms with Crippen molar-refractivity contribution >= 4 is 41.5 Å². The molecular formula is C15H21IN4O. The number of carbonyl (C=O) groups excluding carboxylic acids is 1. The Morgan fingerprint density at radius 3 is 2.86 bits per heavy atom. The molecule has 1 heterocycles. The molecule has 5 nitrogen and oxygen atoms in total. The maximum absolute atomic E-state index is 11.4. The Hall–Kier alpha value is -1.57. The van der Waals surface area contributed by atoms with Crippen LogP contribution in [0.2, 0.25) is 0 Å². The van der Waals surface area contributed by atoms with Gasteiger partial charge in [0.05, 0.1) is 6.54 Å². The van der Waals surface area contributed by atoms with Crippen LogP contribution in [0.4, 0.5) is 5.69 Å². The standard InChI is InChI=1S/C15H20N4O.HI/c1-11(2)9-17-15(16)18-10-12-4-3-5-13(8-12)19-7-6-14(19)20;/h3-5,8H,1,6-7,9-10H2,2H3,(H3,16,17,18);1H. The number of guanidine groups is 1. The molecule has 114 valence electrons. The van der Waals surface area contributed by atoms with Gasteiger partial charge in [0.15, 0.2) is 5.96 Å². The monoisotopic (exact) mass is 400 g/mol. The van der Waals surface area contributed by atoms with Crippen LogP contribution in [-0.4, -0.2) is 25.0 Å². The Labute approximate surface area is 142 Å². The van der Waals surface area contributed by atoms with Crippen molar-refractivity contribution in [1.29, 1.82) is 0 Å². The molecule has 0 aliphatic carbocycles. The lowest BCUT2D eigenvalue weighted by molar-refractivity contribution is -0.122. The van der Waals surface area contributed by atoms with Gasteiger partial charge in [0.25, 0.3) is 0 Å². The van der Waals surface area contributed by atoms with E-state index in [0.29, 0.717) is 25.5 Å². The van der Waals surface area contributed by atoms with Crippen molar-refractivity contribution in [3.05, 3.63) is 42.0 Å². The van der Waals surface area contributed by atoms with Crippen LogP contribution in [0.3, 0.4) is 0 Å². The van der Waals surface area contributed by atoms with Crippen LogP contribution in [0, 0.1) is 0 Å². The number of rotatable bonds is 5. The van der Waals surface area contributed by atoms with E-state index in [1.54, 1.807) is 4.90 Å². The Kier molecular flexibility index (Phi) is 6.67. The number of halogens is 1. The van der Waals surface area contributed by atoms with Crippen molar-refractivity contribution in [3.63, 3.8) is 0 Å². The molecule has 0 unspecified atom stereocenters. The molecule has 1 aliphatic rings. The molecular weight excluding hydrogens is 379 g/mol. The predicted molar refractivity (Wildman–Crippen MR) is 97.0 cm³/mol. The molecule has 0 aromatic heterocycles. The van der Waals surface area contributed by atoms with E-state index in [0.717, 1.165) is 23.4 Å². The number of nitrogens with zero attached hydrogens (tertiary/aromatic N) is 2. The summed E-state index contributed by atoms with van der Waals surface area (Å²) in [6.45, 7) is 7.63. The quantitative estimate of drug-likeness (QED) is 0.261. The molecule has 2 rings (SSSR count). The van der Waals surface area contributed by atoms with Gasteiger partial charge in [-0.1, -0.05) is 24.3 Å². The van der Waals surface area contributed by atoms with E-state index in [9.17, 15) is 4.79 Å². The first-order chi connectivity index (χ1) is 9.56. The molecule has 1 aromatic rings.